The molecule has 1 fully saturated rings. The van der Waals surface area contributed by atoms with Crippen molar-refractivity contribution < 1.29 is 14.3 Å². The summed E-state index contributed by atoms with van der Waals surface area (Å²) in [5, 5.41) is 0. The Hall–Kier alpha value is -2.88. The molecule has 1 aromatic carbocycles. The fraction of sp³-hybridized carbons (Fsp3) is 0.238. The molecule has 2 aromatic rings. The first-order valence-corrected chi connectivity index (χ1v) is 8.23. The molecule has 3 rings (SSSR count). The zero-order chi connectivity index (χ0) is 18.3. The number of rotatable bonds is 2. The lowest BCUT2D eigenvalue weighted by atomic mass is 9.95. The lowest BCUT2D eigenvalue weighted by Crippen LogP contribution is -2.02. The Bertz CT molecular complexity index is 939. The van der Waals surface area contributed by atoms with Gasteiger partial charge in [0.1, 0.15) is 0 Å². The minimum Gasteiger partial charge on any atom is -0.386 e. The van der Waals surface area contributed by atoms with E-state index in [1.807, 2.05) is 71.0 Å². The molecule has 0 atom stereocenters. The molecule has 2 heterocycles. The zero-order valence-corrected chi connectivity index (χ0v) is 15.1. The average molecular weight is 335 g/mol. The van der Waals surface area contributed by atoms with Crippen molar-refractivity contribution >= 4 is 17.5 Å². The van der Waals surface area contributed by atoms with Crippen molar-refractivity contribution in [3.63, 3.8) is 0 Å². The van der Waals surface area contributed by atoms with Gasteiger partial charge in [-0.05, 0) is 64.0 Å². The fourth-order valence-electron chi connectivity index (χ4n) is 3.44. The van der Waals surface area contributed by atoms with Gasteiger partial charge in [-0.3, -0.25) is 0 Å². The summed E-state index contributed by atoms with van der Waals surface area (Å²) in [6.07, 6.45) is 0. The van der Waals surface area contributed by atoms with E-state index >= 15 is 0 Å². The summed E-state index contributed by atoms with van der Waals surface area (Å²) in [7, 11) is 0. The molecular weight excluding hydrogens is 314 g/mol. The van der Waals surface area contributed by atoms with Crippen molar-refractivity contribution in [1.82, 2.24) is 4.57 Å². The van der Waals surface area contributed by atoms with E-state index in [-0.39, 0.29) is 0 Å². The Morgan fingerprint density at radius 1 is 0.920 bits per heavy atom. The molecule has 0 bridgehead atoms. The fourth-order valence-corrected chi connectivity index (χ4v) is 3.44. The lowest BCUT2D eigenvalue weighted by Gasteiger charge is -2.10. The molecule has 0 amide bonds. The number of aryl methyl sites for hydroxylation is 1. The van der Waals surface area contributed by atoms with Crippen LogP contribution in [0.2, 0.25) is 0 Å². The first-order chi connectivity index (χ1) is 11.8. The van der Waals surface area contributed by atoms with E-state index in [9.17, 15) is 9.59 Å². The third-order valence-corrected chi connectivity index (χ3v) is 4.57. The minimum atomic E-state index is -0.566. The van der Waals surface area contributed by atoms with Crippen LogP contribution in [-0.2, 0) is 14.3 Å². The van der Waals surface area contributed by atoms with Crippen LogP contribution >= 0.6 is 0 Å². The van der Waals surface area contributed by atoms with Gasteiger partial charge >= 0.3 is 11.9 Å². The SMILES string of the molecule is CC(C)=C1C(=O)OC(=O)C1=C(C)c1cc(C)n(-c2ccccc2)c1C. The predicted molar refractivity (Wildman–Crippen MR) is 97.3 cm³/mol. The number of ether oxygens (including phenoxy) is 1. The van der Waals surface area contributed by atoms with E-state index in [1.165, 1.54) is 0 Å². The van der Waals surface area contributed by atoms with Crippen molar-refractivity contribution in [2.24, 2.45) is 0 Å². The van der Waals surface area contributed by atoms with Gasteiger partial charge < -0.3 is 9.30 Å². The summed E-state index contributed by atoms with van der Waals surface area (Å²) in [6, 6.07) is 12.1. The molecule has 1 aliphatic heterocycles. The number of esters is 2. The number of carbonyl (C=O) groups excluding carboxylic acids is 2. The lowest BCUT2D eigenvalue weighted by molar-refractivity contribution is -0.149. The summed E-state index contributed by atoms with van der Waals surface area (Å²) in [4.78, 5) is 24.3. The first kappa shape index (κ1) is 17.0. The van der Waals surface area contributed by atoms with Crippen molar-refractivity contribution in [3.05, 3.63) is 70.1 Å². The molecule has 0 radical (unpaired) electrons. The second-order valence-electron chi connectivity index (χ2n) is 6.51. The second-order valence-corrected chi connectivity index (χ2v) is 6.51. The summed E-state index contributed by atoms with van der Waals surface area (Å²) in [6.45, 7) is 9.55. The monoisotopic (exact) mass is 335 g/mol. The third-order valence-electron chi connectivity index (χ3n) is 4.57. The van der Waals surface area contributed by atoms with Crippen LogP contribution in [0.4, 0.5) is 0 Å². The topological polar surface area (TPSA) is 48.3 Å². The summed E-state index contributed by atoms with van der Waals surface area (Å²) < 4.78 is 6.99. The maximum atomic E-state index is 12.2. The van der Waals surface area contributed by atoms with Crippen LogP contribution in [0.25, 0.3) is 11.3 Å². The molecule has 4 nitrogen and oxygen atoms in total. The van der Waals surface area contributed by atoms with Gasteiger partial charge in [0.05, 0.1) is 11.1 Å². The molecule has 25 heavy (non-hydrogen) atoms. The Labute approximate surface area is 147 Å². The number of nitrogens with zero attached hydrogens (tertiary/aromatic N) is 1. The van der Waals surface area contributed by atoms with E-state index in [2.05, 4.69) is 4.57 Å². The molecule has 0 unspecified atom stereocenters. The number of hydrogen-bond acceptors (Lipinski definition) is 3. The van der Waals surface area contributed by atoms with Gasteiger partial charge in [0, 0.05) is 17.1 Å². The van der Waals surface area contributed by atoms with Crippen LogP contribution in [-0.4, -0.2) is 16.5 Å². The molecule has 4 heteroatoms. The van der Waals surface area contributed by atoms with Crippen molar-refractivity contribution in [2.45, 2.75) is 34.6 Å². The van der Waals surface area contributed by atoms with E-state index < -0.39 is 11.9 Å². The van der Waals surface area contributed by atoms with Crippen molar-refractivity contribution in [3.8, 4) is 5.69 Å². The van der Waals surface area contributed by atoms with Crippen LogP contribution in [0.3, 0.4) is 0 Å². The molecule has 1 aliphatic rings. The van der Waals surface area contributed by atoms with Gasteiger partial charge in [-0.1, -0.05) is 23.8 Å². The Kier molecular flexibility index (Phi) is 4.21. The van der Waals surface area contributed by atoms with Gasteiger partial charge in [-0.2, -0.15) is 0 Å². The highest BCUT2D eigenvalue weighted by molar-refractivity contribution is 6.22. The third kappa shape index (κ3) is 2.74. The van der Waals surface area contributed by atoms with E-state index in [1.54, 1.807) is 0 Å². The standard InChI is InChI=1S/C21H21NO3/c1-12(2)18-19(21(24)25-20(18)23)14(4)17-11-13(3)22(15(17)5)16-9-7-6-8-10-16/h6-11H,1-5H3. The van der Waals surface area contributed by atoms with Gasteiger partial charge in [0.15, 0.2) is 0 Å². The highest BCUT2D eigenvalue weighted by Crippen LogP contribution is 2.35. The van der Waals surface area contributed by atoms with Crippen LogP contribution in [0.1, 0.15) is 37.7 Å². The molecule has 0 spiro atoms. The van der Waals surface area contributed by atoms with Gasteiger partial charge in [0.25, 0.3) is 0 Å². The molecule has 1 aromatic heterocycles. The van der Waals surface area contributed by atoms with E-state index in [4.69, 9.17) is 4.74 Å². The number of carbonyl (C=O) groups is 2. The molecule has 0 N–H and O–H groups in total. The first-order valence-electron chi connectivity index (χ1n) is 8.23. The number of para-hydroxylation sites is 1. The molecule has 1 saturated heterocycles. The normalized spacial score (nSPS) is 16.3. The highest BCUT2D eigenvalue weighted by atomic mass is 16.6. The average Bonchev–Trinajstić information content (AvgIpc) is 3.03. The quantitative estimate of drug-likeness (QED) is 0.467. The Morgan fingerprint density at radius 2 is 1.52 bits per heavy atom. The second kappa shape index (κ2) is 6.20. The Morgan fingerprint density at radius 3 is 2.12 bits per heavy atom. The number of allylic oxidation sites excluding steroid dienone is 2. The number of hydrogen-bond donors (Lipinski definition) is 0. The van der Waals surface area contributed by atoms with Crippen LogP contribution in [0.15, 0.2) is 53.1 Å². The molecule has 0 aliphatic carbocycles. The summed E-state index contributed by atoms with van der Waals surface area (Å²) in [5.74, 6) is -1.13. The van der Waals surface area contributed by atoms with Crippen LogP contribution < -0.4 is 0 Å². The molecular formula is C21H21NO3. The molecule has 128 valence electrons. The Balaban J connectivity index is 2.23. The van der Waals surface area contributed by atoms with Gasteiger partial charge in [-0.15, -0.1) is 0 Å². The van der Waals surface area contributed by atoms with E-state index in [0.717, 1.165) is 33.8 Å². The largest absolute Gasteiger partial charge is 0.386 e. The van der Waals surface area contributed by atoms with Crippen LogP contribution in [0, 0.1) is 13.8 Å². The highest BCUT2D eigenvalue weighted by Gasteiger charge is 2.36. The molecule has 0 saturated carbocycles. The van der Waals surface area contributed by atoms with Crippen LogP contribution in [0.5, 0.6) is 0 Å². The summed E-state index contributed by atoms with van der Waals surface area (Å²) in [5.41, 5.74) is 6.40. The van der Waals surface area contributed by atoms with Crippen molar-refractivity contribution in [2.75, 3.05) is 0 Å². The van der Waals surface area contributed by atoms with Crippen molar-refractivity contribution in [1.29, 1.82) is 0 Å². The number of benzene rings is 1. The van der Waals surface area contributed by atoms with Gasteiger partial charge in [-0.25, -0.2) is 9.59 Å². The zero-order valence-electron chi connectivity index (χ0n) is 15.1. The smallest absolute Gasteiger partial charge is 0.347 e. The summed E-state index contributed by atoms with van der Waals surface area (Å²) >= 11 is 0. The number of cyclic esters (lactones) is 2. The van der Waals surface area contributed by atoms with E-state index in [0.29, 0.717) is 11.1 Å². The number of aromatic nitrogens is 1. The minimum absolute atomic E-state index is 0.373. The predicted octanol–water partition coefficient (Wildman–Crippen LogP) is 4.29. The maximum absolute atomic E-state index is 12.2. The maximum Gasteiger partial charge on any atom is 0.347 e. The van der Waals surface area contributed by atoms with Gasteiger partial charge in [0.2, 0.25) is 0 Å².